The average Bonchev–Trinajstić information content (AvgIpc) is 3.33. The Labute approximate surface area is 268 Å². The molecule has 6 rings (SSSR count). The zero-order valence-electron chi connectivity index (χ0n) is 25.4. The molecule has 1 N–H and O–H groups in total. The summed E-state index contributed by atoms with van der Waals surface area (Å²) in [5.74, 6) is 0.547. The van der Waals surface area contributed by atoms with Crippen LogP contribution in [0.3, 0.4) is 0 Å². The molecule has 2 aromatic heterocycles. The molecule has 6 heteroatoms. The number of nitrogens with zero attached hydrogens (tertiary/aromatic N) is 1. The van der Waals surface area contributed by atoms with Gasteiger partial charge in [0.1, 0.15) is 0 Å². The third-order valence-electron chi connectivity index (χ3n) is 8.86. The molecular formula is C36H40IrNO2SSi-. The van der Waals surface area contributed by atoms with Crippen molar-refractivity contribution in [2.75, 3.05) is 0 Å². The minimum atomic E-state index is -1.88. The van der Waals surface area contributed by atoms with Crippen molar-refractivity contribution in [1.82, 2.24) is 4.98 Å². The van der Waals surface area contributed by atoms with Crippen LogP contribution < -0.4 is 10.4 Å². The van der Waals surface area contributed by atoms with E-state index in [2.05, 4.69) is 73.8 Å². The van der Waals surface area contributed by atoms with Gasteiger partial charge in [-0.25, -0.2) is 0 Å². The van der Waals surface area contributed by atoms with Gasteiger partial charge in [-0.2, -0.15) is 0 Å². The van der Waals surface area contributed by atoms with Crippen molar-refractivity contribution in [3.05, 3.63) is 78.7 Å². The fourth-order valence-corrected chi connectivity index (χ4v) is 10.5. The second-order valence-corrected chi connectivity index (χ2v) is 17.0. The minimum Gasteiger partial charge on any atom is -0.512 e. The van der Waals surface area contributed by atoms with Gasteiger partial charge in [0.05, 0.1) is 13.8 Å². The number of ketones is 1. The number of rotatable bonds is 7. The molecule has 0 amide bonds. The SMILES string of the molecule is CCC(CC)C(=O)/C=C(\O)C(CC)CC.C[Si]1(C)c2cc3ccccc3[c-]c2-c2nccc3sc4cccc1c4c23.[Ir]. The van der Waals surface area contributed by atoms with Crippen LogP contribution in [0.1, 0.15) is 53.4 Å². The first-order valence-electron chi connectivity index (χ1n) is 15.0. The van der Waals surface area contributed by atoms with E-state index in [0.717, 1.165) is 31.4 Å². The number of pyridine rings is 1. The first-order valence-corrected chi connectivity index (χ1v) is 18.8. The Morgan fingerprint density at radius 1 is 0.905 bits per heavy atom. The summed E-state index contributed by atoms with van der Waals surface area (Å²) in [5, 5.41) is 17.9. The van der Waals surface area contributed by atoms with E-state index in [1.807, 2.05) is 45.2 Å². The average molecular weight is 771 g/mol. The van der Waals surface area contributed by atoms with Crippen molar-refractivity contribution >= 4 is 66.5 Å². The Morgan fingerprint density at radius 3 is 2.26 bits per heavy atom. The molecule has 0 fully saturated rings. The summed E-state index contributed by atoms with van der Waals surface area (Å²) in [5.41, 5.74) is 2.32. The molecule has 0 aliphatic carbocycles. The van der Waals surface area contributed by atoms with E-state index in [9.17, 15) is 9.90 Å². The quantitative estimate of drug-likeness (QED) is 0.0778. The van der Waals surface area contributed by atoms with Crippen LogP contribution in [0.2, 0.25) is 13.1 Å². The monoisotopic (exact) mass is 771 g/mol. The molecule has 0 saturated carbocycles. The second kappa shape index (κ2) is 13.3. The molecule has 1 aliphatic rings. The zero-order chi connectivity index (χ0) is 29.3. The molecule has 3 heterocycles. The molecule has 0 bridgehead atoms. The Hall–Kier alpha value is -2.63. The number of carbonyl (C=O) groups excluding carboxylic acids is 1. The number of thiophene rings is 1. The van der Waals surface area contributed by atoms with Crippen molar-refractivity contribution < 1.29 is 30.0 Å². The summed E-state index contributed by atoms with van der Waals surface area (Å²) in [6.45, 7) is 13.0. The topological polar surface area (TPSA) is 50.2 Å². The summed E-state index contributed by atoms with van der Waals surface area (Å²) in [4.78, 5) is 16.6. The molecule has 1 aliphatic heterocycles. The van der Waals surface area contributed by atoms with Gasteiger partial charge in [-0.15, -0.1) is 40.1 Å². The van der Waals surface area contributed by atoms with Gasteiger partial charge in [-0.3, -0.25) is 9.78 Å². The van der Waals surface area contributed by atoms with E-state index in [1.54, 1.807) is 0 Å². The first-order chi connectivity index (χ1) is 19.7. The molecule has 0 spiro atoms. The number of benzene rings is 3. The van der Waals surface area contributed by atoms with Gasteiger partial charge in [-0.1, -0.05) is 87.3 Å². The molecule has 0 unspecified atom stereocenters. The maximum atomic E-state index is 11.7. The molecule has 1 radical (unpaired) electrons. The number of hydrogen-bond acceptors (Lipinski definition) is 4. The largest absolute Gasteiger partial charge is 0.512 e. The fourth-order valence-electron chi connectivity index (χ4n) is 6.24. The molecule has 42 heavy (non-hydrogen) atoms. The van der Waals surface area contributed by atoms with Crippen molar-refractivity contribution in [3.63, 3.8) is 0 Å². The maximum Gasteiger partial charge on any atom is 0.162 e. The van der Waals surface area contributed by atoms with Crippen LogP contribution in [0, 0.1) is 17.9 Å². The smallest absolute Gasteiger partial charge is 0.162 e. The van der Waals surface area contributed by atoms with Crippen LogP contribution in [0.4, 0.5) is 0 Å². The van der Waals surface area contributed by atoms with Gasteiger partial charge < -0.3 is 5.11 Å². The van der Waals surface area contributed by atoms with Crippen molar-refractivity contribution in [3.8, 4) is 11.3 Å². The van der Waals surface area contributed by atoms with E-state index in [-0.39, 0.29) is 43.5 Å². The number of carbonyl (C=O) groups is 1. The summed E-state index contributed by atoms with van der Waals surface area (Å²) >= 11 is 1.89. The molecule has 3 nitrogen and oxygen atoms in total. The number of aliphatic hydroxyl groups is 1. The van der Waals surface area contributed by atoms with Gasteiger partial charge in [-0.05, 0) is 48.6 Å². The van der Waals surface area contributed by atoms with Crippen molar-refractivity contribution in [2.24, 2.45) is 11.8 Å². The van der Waals surface area contributed by atoms with Crippen LogP contribution in [-0.4, -0.2) is 23.9 Å². The van der Waals surface area contributed by atoms with Crippen LogP contribution in [0.15, 0.2) is 72.6 Å². The van der Waals surface area contributed by atoms with Gasteiger partial charge in [0.25, 0.3) is 0 Å². The Morgan fingerprint density at radius 2 is 1.57 bits per heavy atom. The normalized spacial score (nSPS) is 13.7. The standard InChI is InChI=1S/C23H16NSSi.C13H24O2.Ir/c1-26(2)19-9-5-8-17-21(19)22-18(25-17)10-11-24-23(22)16-12-14-6-3-4-7-15(14)13-20(16)26;1-5-10(6-2)12(14)9-13(15)11(7-3)8-4;/h3-11,13H,1-2H3;9-11,14H,5-8H2,1-4H3;/q-1;;/b;12-9-;. The summed E-state index contributed by atoms with van der Waals surface area (Å²) in [6.07, 6.45) is 6.86. The van der Waals surface area contributed by atoms with Crippen molar-refractivity contribution in [2.45, 2.75) is 66.5 Å². The van der Waals surface area contributed by atoms with Crippen LogP contribution in [0.25, 0.3) is 42.2 Å². The number of fused-ring (bicyclic) bond motifs is 3. The number of hydrogen-bond donors (Lipinski definition) is 1. The number of aromatic nitrogens is 1. The second-order valence-electron chi connectivity index (χ2n) is 11.6. The van der Waals surface area contributed by atoms with Crippen LogP contribution >= 0.6 is 11.3 Å². The number of allylic oxidation sites excluding steroid dienone is 2. The first kappa shape index (κ1) is 32.3. The summed E-state index contributed by atoms with van der Waals surface area (Å²) in [6, 6.07) is 23.7. The van der Waals surface area contributed by atoms with Crippen LogP contribution in [-0.2, 0) is 24.9 Å². The van der Waals surface area contributed by atoms with Gasteiger partial charge in [0.2, 0.25) is 0 Å². The van der Waals surface area contributed by atoms with E-state index >= 15 is 0 Å². The molecule has 5 aromatic rings. The van der Waals surface area contributed by atoms with E-state index in [4.69, 9.17) is 4.98 Å². The predicted octanol–water partition coefficient (Wildman–Crippen LogP) is 9.07. The molecule has 221 valence electrons. The Bertz CT molecular complexity index is 1770. The Balaban J connectivity index is 0.000000221. The van der Waals surface area contributed by atoms with Crippen molar-refractivity contribution in [1.29, 1.82) is 0 Å². The van der Waals surface area contributed by atoms with Gasteiger partial charge in [0, 0.05) is 59.3 Å². The summed E-state index contributed by atoms with van der Waals surface area (Å²) < 4.78 is 2.71. The Kier molecular flexibility index (Phi) is 10.3. The van der Waals surface area contributed by atoms with Gasteiger partial charge in [0.15, 0.2) is 5.78 Å². The van der Waals surface area contributed by atoms with Crippen LogP contribution in [0.5, 0.6) is 0 Å². The molecule has 0 atom stereocenters. The molecule has 0 saturated heterocycles. The zero-order valence-corrected chi connectivity index (χ0v) is 29.6. The van der Waals surface area contributed by atoms with E-state index < -0.39 is 8.07 Å². The predicted molar refractivity (Wildman–Crippen MR) is 180 cm³/mol. The van der Waals surface area contributed by atoms with E-state index in [0.29, 0.717) is 0 Å². The van der Waals surface area contributed by atoms with Gasteiger partial charge >= 0.3 is 0 Å². The maximum absolute atomic E-state index is 11.7. The molecule has 3 aromatic carbocycles. The third-order valence-corrected chi connectivity index (χ3v) is 13.5. The van der Waals surface area contributed by atoms with E-state index in [1.165, 1.54) is 53.0 Å². The number of aliphatic hydroxyl groups excluding tert-OH is 1. The molecular weight excluding hydrogens is 731 g/mol. The minimum absolute atomic E-state index is 0. The summed E-state index contributed by atoms with van der Waals surface area (Å²) in [7, 11) is -1.88. The third kappa shape index (κ3) is 5.79. The fraction of sp³-hybridized carbons (Fsp3) is 0.333.